The Bertz CT molecular complexity index is 1260. The minimum absolute atomic E-state index is 0.0442. The van der Waals surface area contributed by atoms with Crippen LogP contribution in [-0.4, -0.2) is 50.1 Å². The van der Waals surface area contributed by atoms with Gasteiger partial charge in [-0.25, -0.2) is 4.39 Å². The van der Waals surface area contributed by atoms with Gasteiger partial charge < -0.3 is 15.5 Å². The summed E-state index contributed by atoms with van der Waals surface area (Å²) in [6.07, 6.45) is 0.552. The van der Waals surface area contributed by atoms with E-state index in [4.69, 9.17) is 11.6 Å². The maximum absolute atomic E-state index is 14.9. The fourth-order valence-corrected chi connectivity index (χ4v) is 3.73. The number of nitrogens with one attached hydrogen (secondary N) is 2. The van der Waals surface area contributed by atoms with E-state index in [-0.39, 0.29) is 17.5 Å². The molecule has 0 saturated heterocycles. The van der Waals surface area contributed by atoms with Crippen molar-refractivity contribution in [1.82, 2.24) is 20.5 Å². The third-order valence-corrected chi connectivity index (χ3v) is 5.62. The van der Waals surface area contributed by atoms with Crippen molar-refractivity contribution in [2.75, 3.05) is 6.61 Å². The third kappa shape index (κ3) is 5.31. The topological polar surface area (TPSA) is 111 Å². The second kappa shape index (κ2) is 10.6. The van der Waals surface area contributed by atoms with Gasteiger partial charge in [0.05, 0.1) is 35.7 Å². The lowest BCUT2D eigenvalue weighted by Gasteiger charge is -2.23. The number of amides is 1. The van der Waals surface area contributed by atoms with Crippen LogP contribution in [-0.2, 0) is 6.42 Å². The zero-order valence-electron chi connectivity index (χ0n) is 18.0. The predicted molar refractivity (Wildman–Crippen MR) is 127 cm³/mol. The van der Waals surface area contributed by atoms with Crippen molar-refractivity contribution in [2.45, 2.75) is 18.6 Å². The minimum Gasteiger partial charge on any atom is -0.394 e. The number of rotatable bonds is 8. The van der Waals surface area contributed by atoms with Gasteiger partial charge in [-0.15, -0.1) is 0 Å². The standard InChI is InChI=1S/C25H22ClFN4O3/c26-16-9-7-15(8-10-16)20-13-22(31-30-20)24-18(5-3-6-19(24)27)25(34)29-21(23(33)14-32)12-17-4-1-2-11-28-17/h1-11,13,21,23,32-33H,12,14H2,(H,29,34)(H,30,31)/t21-,23-/m1/s1. The number of nitrogens with zero attached hydrogens (tertiary/aromatic N) is 2. The van der Waals surface area contributed by atoms with Crippen LogP contribution in [0.5, 0.6) is 0 Å². The molecule has 0 bridgehead atoms. The van der Waals surface area contributed by atoms with Gasteiger partial charge in [0.2, 0.25) is 0 Å². The van der Waals surface area contributed by atoms with Crippen molar-refractivity contribution in [3.63, 3.8) is 0 Å². The molecule has 0 radical (unpaired) electrons. The molecule has 34 heavy (non-hydrogen) atoms. The Balaban J connectivity index is 1.63. The van der Waals surface area contributed by atoms with Gasteiger partial charge in [-0.2, -0.15) is 5.10 Å². The maximum atomic E-state index is 14.9. The maximum Gasteiger partial charge on any atom is 0.252 e. The Hall–Kier alpha value is -3.59. The SMILES string of the molecule is O=C(N[C@H](Cc1ccccn1)[C@H](O)CO)c1cccc(F)c1-c1cc(-c2ccc(Cl)cc2)n[nH]1. The van der Waals surface area contributed by atoms with Gasteiger partial charge in [0.1, 0.15) is 5.82 Å². The molecule has 0 aliphatic rings. The highest BCUT2D eigenvalue weighted by Gasteiger charge is 2.25. The summed E-state index contributed by atoms with van der Waals surface area (Å²) in [5, 5.41) is 30.1. The molecule has 0 fully saturated rings. The van der Waals surface area contributed by atoms with Crippen LogP contribution < -0.4 is 5.32 Å². The fraction of sp³-hybridized carbons (Fsp3) is 0.160. The lowest BCUT2D eigenvalue weighted by Crippen LogP contribution is -2.46. The smallest absolute Gasteiger partial charge is 0.252 e. The minimum atomic E-state index is -1.23. The number of hydrogen-bond donors (Lipinski definition) is 4. The number of aromatic amines is 1. The third-order valence-electron chi connectivity index (χ3n) is 5.37. The van der Waals surface area contributed by atoms with Gasteiger partial charge in [-0.1, -0.05) is 35.9 Å². The number of carbonyl (C=O) groups is 1. The summed E-state index contributed by atoms with van der Waals surface area (Å²) in [4.78, 5) is 17.4. The lowest BCUT2D eigenvalue weighted by atomic mass is 10.00. The summed E-state index contributed by atoms with van der Waals surface area (Å²) in [6, 6.07) is 17.3. The van der Waals surface area contributed by atoms with Gasteiger partial charge in [-0.3, -0.25) is 14.9 Å². The Morgan fingerprint density at radius 3 is 2.62 bits per heavy atom. The van der Waals surface area contributed by atoms with Crippen LogP contribution in [0.15, 0.2) is 72.9 Å². The van der Waals surface area contributed by atoms with Crippen LogP contribution >= 0.6 is 11.6 Å². The molecule has 4 N–H and O–H groups in total. The van der Waals surface area contributed by atoms with E-state index in [1.54, 1.807) is 54.7 Å². The van der Waals surface area contributed by atoms with E-state index in [1.807, 2.05) is 0 Å². The molecule has 2 aromatic carbocycles. The molecule has 9 heteroatoms. The molecule has 174 valence electrons. The number of halogens is 2. The molecule has 2 heterocycles. The molecular weight excluding hydrogens is 459 g/mol. The monoisotopic (exact) mass is 480 g/mol. The van der Waals surface area contributed by atoms with Crippen molar-refractivity contribution >= 4 is 17.5 Å². The van der Waals surface area contributed by atoms with Gasteiger partial charge in [0, 0.05) is 34.5 Å². The number of hydrogen-bond acceptors (Lipinski definition) is 5. The largest absolute Gasteiger partial charge is 0.394 e. The first-order valence-corrected chi connectivity index (χ1v) is 10.9. The number of pyridine rings is 1. The normalized spacial score (nSPS) is 12.8. The van der Waals surface area contributed by atoms with Crippen molar-refractivity contribution in [3.05, 3.63) is 95.0 Å². The number of aliphatic hydroxyl groups excluding tert-OH is 2. The van der Waals surface area contributed by atoms with E-state index in [9.17, 15) is 19.4 Å². The molecule has 0 spiro atoms. The Kier molecular flexibility index (Phi) is 7.32. The Morgan fingerprint density at radius 1 is 1.12 bits per heavy atom. The predicted octanol–water partition coefficient (Wildman–Crippen LogP) is 3.63. The van der Waals surface area contributed by atoms with E-state index in [0.717, 1.165) is 5.56 Å². The summed E-state index contributed by atoms with van der Waals surface area (Å²) in [5.74, 6) is -1.21. The van der Waals surface area contributed by atoms with Crippen molar-refractivity contribution < 1.29 is 19.4 Å². The van der Waals surface area contributed by atoms with Gasteiger partial charge >= 0.3 is 0 Å². The lowest BCUT2D eigenvalue weighted by molar-refractivity contribution is 0.0565. The van der Waals surface area contributed by atoms with E-state index < -0.39 is 30.5 Å². The molecule has 0 unspecified atom stereocenters. The van der Waals surface area contributed by atoms with Gasteiger partial charge in [-0.05, 0) is 42.5 Å². The first-order chi connectivity index (χ1) is 16.5. The van der Waals surface area contributed by atoms with Crippen LogP contribution in [0.2, 0.25) is 5.02 Å². The average Bonchev–Trinajstić information content (AvgIpc) is 3.33. The second-order valence-corrected chi connectivity index (χ2v) is 8.13. The number of carbonyl (C=O) groups excluding carboxylic acids is 1. The van der Waals surface area contributed by atoms with Crippen LogP contribution in [0.1, 0.15) is 16.1 Å². The quantitative estimate of drug-likeness (QED) is 0.308. The number of aliphatic hydroxyl groups is 2. The van der Waals surface area contributed by atoms with Gasteiger partial charge in [0.25, 0.3) is 5.91 Å². The summed E-state index contributed by atoms with van der Waals surface area (Å²) in [7, 11) is 0. The van der Waals surface area contributed by atoms with Crippen LogP contribution in [0, 0.1) is 5.82 Å². The molecule has 2 atom stereocenters. The molecule has 1 amide bonds. The zero-order chi connectivity index (χ0) is 24.1. The molecule has 4 aromatic rings. The van der Waals surface area contributed by atoms with Crippen LogP contribution in [0.4, 0.5) is 4.39 Å². The molecule has 7 nitrogen and oxygen atoms in total. The Morgan fingerprint density at radius 2 is 1.91 bits per heavy atom. The highest BCUT2D eigenvalue weighted by Crippen LogP contribution is 2.29. The summed E-state index contributed by atoms with van der Waals surface area (Å²) in [6.45, 7) is -0.557. The number of aromatic nitrogens is 3. The van der Waals surface area contributed by atoms with Crippen molar-refractivity contribution in [3.8, 4) is 22.5 Å². The fourth-order valence-electron chi connectivity index (χ4n) is 3.61. The first-order valence-electron chi connectivity index (χ1n) is 10.6. The number of H-pyrrole nitrogens is 1. The summed E-state index contributed by atoms with van der Waals surface area (Å²) < 4.78 is 14.9. The van der Waals surface area contributed by atoms with Crippen LogP contribution in [0.3, 0.4) is 0 Å². The van der Waals surface area contributed by atoms with E-state index >= 15 is 0 Å². The Labute approximate surface area is 200 Å². The van der Waals surface area contributed by atoms with Crippen molar-refractivity contribution in [1.29, 1.82) is 0 Å². The first kappa shape index (κ1) is 23.6. The van der Waals surface area contributed by atoms with Crippen LogP contribution in [0.25, 0.3) is 22.5 Å². The molecule has 0 saturated carbocycles. The molecular formula is C25H22ClFN4O3. The second-order valence-electron chi connectivity index (χ2n) is 7.69. The van der Waals surface area contributed by atoms with E-state index in [0.29, 0.717) is 22.1 Å². The molecule has 2 aromatic heterocycles. The van der Waals surface area contributed by atoms with E-state index in [1.165, 1.54) is 18.2 Å². The summed E-state index contributed by atoms with van der Waals surface area (Å²) >= 11 is 5.94. The highest BCUT2D eigenvalue weighted by atomic mass is 35.5. The van der Waals surface area contributed by atoms with E-state index in [2.05, 4.69) is 20.5 Å². The highest BCUT2D eigenvalue weighted by molar-refractivity contribution is 6.30. The molecule has 0 aliphatic carbocycles. The molecule has 0 aliphatic heterocycles. The molecule has 4 rings (SSSR count). The number of benzene rings is 2. The van der Waals surface area contributed by atoms with Crippen molar-refractivity contribution in [2.24, 2.45) is 0 Å². The average molecular weight is 481 g/mol. The van der Waals surface area contributed by atoms with Gasteiger partial charge in [0.15, 0.2) is 0 Å². The summed E-state index contributed by atoms with van der Waals surface area (Å²) in [5.41, 5.74) is 2.38. The zero-order valence-corrected chi connectivity index (χ0v) is 18.7.